The second kappa shape index (κ2) is 8.51. The summed E-state index contributed by atoms with van der Waals surface area (Å²) in [5.41, 5.74) is -0.952. The Morgan fingerprint density at radius 2 is 0.844 bits per heavy atom. The van der Waals surface area contributed by atoms with E-state index in [0.717, 1.165) is 0 Å². The van der Waals surface area contributed by atoms with Gasteiger partial charge in [0.1, 0.15) is 0 Å². The molecule has 32 heavy (non-hydrogen) atoms. The molecule has 2 aromatic rings. The number of piperazine rings is 1. The molecule has 0 radical (unpaired) electrons. The van der Waals surface area contributed by atoms with Gasteiger partial charge in [-0.1, -0.05) is 24.3 Å². The van der Waals surface area contributed by atoms with Gasteiger partial charge in [-0.25, -0.2) is 16.8 Å². The Labute approximate surface area is 190 Å². The molecule has 1 aliphatic rings. The van der Waals surface area contributed by atoms with E-state index in [4.69, 9.17) is 0 Å². The summed E-state index contributed by atoms with van der Waals surface area (Å²) >= 11 is 0. The maximum Gasteiger partial charge on any atom is 0.243 e. The minimum absolute atomic E-state index is 0.0383. The summed E-state index contributed by atoms with van der Waals surface area (Å²) in [7, 11) is -7.55. The normalized spacial score (nSPS) is 17.4. The van der Waals surface area contributed by atoms with Gasteiger partial charge in [0.25, 0.3) is 0 Å². The van der Waals surface area contributed by atoms with Gasteiger partial charge in [0.2, 0.25) is 20.0 Å². The highest BCUT2D eigenvalue weighted by Gasteiger charge is 2.34. The van der Waals surface area contributed by atoms with Crippen molar-refractivity contribution in [3.8, 4) is 0 Å². The average molecular weight is 483 g/mol. The molecule has 0 amide bonds. The van der Waals surface area contributed by atoms with Crippen LogP contribution in [0.1, 0.15) is 38.8 Å². The molecule has 3 rings (SSSR count). The van der Waals surface area contributed by atoms with E-state index in [0.29, 0.717) is 11.1 Å². The second-order valence-corrected chi connectivity index (χ2v) is 12.9. The molecule has 0 bridgehead atoms. The molecule has 0 aromatic heterocycles. The molecule has 1 heterocycles. The first-order chi connectivity index (χ1) is 14.6. The van der Waals surface area contributed by atoms with Gasteiger partial charge in [-0.3, -0.25) is 0 Å². The van der Waals surface area contributed by atoms with Crippen molar-refractivity contribution < 1.29 is 27.0 Å². The van der Waals surface area contributed by atoms with E-state index in [1.165, 1.54) is 32.9 Å². The van der Waals surface area contributed by atoms with E-state index in [2.05, 4.69) is 0 Å². The molecule has 0 unspecified atom stereocenters. The highest BCUT2D eigenvalue weighted by atomic mass is 32.2. The number of rotatable bonds is 6. The topological polar surface area (TPSA) is 115 Å². The third-order valence-corrected chi connectivity index (χ3v) is 9.42. The first-order valence-electron chi connectivity index (χ1n) is 10.3. The molecule has 1 fully saturated rings. The first kappa shape index (κ1) is 24.8. The summed E-state index contributed by atoms with van der Waals surface area (Å²) in [6, 6.07) is 12.1. The number of sulfonamides is 2. The van der Waals surface area contributed by atoms with Crippen molar-refractivity contribution in [1.82, 2.24) is 8.61 Å². The maximum atomic E-state index is 13.0. The molecule has 0 aliphatic carbocycles. The van der Waals surface area contributed by atoms with E-state index in [9.17, 15) is 27.0 Å². The van der Waals surface area contributed by atoms with Crippen molar-refractivity contribution in [2.75, 3.05) is 26.2 Å². The molecule has 2 aromatic carbocycles. The fraction of sp³-hybridized carbons (Fsp3) is 0.455. The Balaban J connectivity index is 1.72. The van der Waals surface area contributed by atoms with Gasteiger partial charge in [-0.05, 0) is 63.1 Å². The molecule has 10 heteroatoms. The van der Waals surface area contributed by atoms with Crippen LogP contribution in [0.15, 0.2) is 58.3 Å². The predicted molar refractivity (Wildman–Crippen MR) is 121 cm³/mol. The lowest BCUT2D eigenvalue weighted by atomic mass is 9.99. The van der Waals surface area contributed by atoms with E-state index in [1.807, 2.05) is 0 Å². The van der Waals surface area contributed by atoms with Gasteiger partial charge < -0.3 is 10.2 Å². The highest BCUT2D eigenvalue weighted by Crippen LogP contribution is 2.26. The Kier molecular flexibility index (Phi) is 6.60. The molecular weight excluding hydrogens is 452 g/mol. The van der Waals surface area contributed by atoms with Gasteiger partial charge in [0, 0.05) is 26.2 Å². The predicted octanol–water partition coefficient (Wildman–Crippen LogP) is 1.84. The SMILES string of the molecule is CC(C)(O)c1ccc(S(=O)(=O)N2CCN(S(=O)(=O)c3ccc(C(C)(C)O)cc3)CC2)cc1. The van der Waals surface area contributed by atoms with Crippen LogP contribution < -0.4 is 0 Å². The lowest BCUT2D eigenvalue weighted by molar-refractivity contribution is 0.0780. The number of aliphatic hydroxyl groups is 2. The van der Waals surface area contributed by atoms with E-state index in [-0.39, 0.29) is 36.0 Å². The van der Waals surface area contributed by atoms with Gasteiger partial charge in [-0.15, -0.1) is 0 Å². The largest absolute Gasteiger partial charge is 0.386 e. The van der Waals surface area contributed by atoms with Crippen molar-refractivity contribution in [3.05, 3.63) is 59.7 Å². The van der Waals surface area contributed by atoms with Crippen LogP contribution in [0.25, 0.3) is 0 Å². The number of hydrogen-bond donors (Lipinski definition) is 2. The highest BCUT2D eigenvalue weighted by molar-refractivity contribution is 7.89. The zero-order valence-electron chi connectivity index (χ0n) is 18.7. The monoisotopic (exact) mass is 482 g/mol. The van der Waals surface area contributed by atoms with Crippen LogP contribution in [0.2, 0.25) is 0 Å². The van der Waals surface area contributed by atoms with Gasteiger partial charge in [0.15, 0.2) is 0 Å². The van der Waals surface area contributed by atoms with Crippen molar-refractivity contribution in [1.29, 1.82) is 0 Å². The molecular formula is C22H30N2O6S2. The first-order valence-corrected chi connectivity index (χ1v) is 13.2. The average Bonchev–Trinajstić information content (AvgIpc) is 2.73. The molecule has 2 N–H and O–H groups in total. The molecule has 8 nitrogen and oxygen atoms in total. The van der Waals surface area contributed by atoms with Crippen LogP contribution in [0, 0.1) is 0 Å². The zero-order valence-corrected chi connectivity index (χ0v) is 20.3. The van der Waals surface area contributed by atoms with E-state index in [1.54, 1.807) is 52.0 Å². The van der Waals surface area contributed by atoms with Gasteiger partial charge in [-0.2, -0.15) is 8.61 Å². The van der Waals surface area contributed by atoms with E-state index < -0.39 is 31.2 Å². The van der Waals surface area contributed by atoms with Crippen molar-refractivity contribution in [2.45, 2.75) is 48.7 Å². The molecule has 1 saturated heterocycles. The standard InChI is InChI=1S/C22H30N2O6S2/c1-21(2,25)17-5-9-19(10-6-17)31(27,28)23-13-15-24(16-14-23)32(29,30)20-11-7-18(8-12-20)22(3,4)26/h5-12,25-26H,13-16H2,1-4H3. The number of benzene rings is 2. The Morgan fingerprint density at radius 3 is 1.06 bits per heavy atom. The summed E-state index contributed by atoms with van der Waals surface area (Å²) in [6.07, 6.45) is 0. The van der Waals surface area contributed by atoms with Crippen molar-refractivity contribution in [2.24, 2.45) is 0 Å². The molecule has 1 aliphatic heterocycles. The third kappa shape index (κ3) is 5.05. The molecule has 0 saturated carbocycles. The van der Waals surface area contributed by atoms with Crippen molar-refractivity contribution >= 4 is 20.0 Å². The lowest BCUT2D eigenvalue weighted by Gasteiger charge is -2.33. The van der Waals surface area contributed by atoms with Crippen LogP contribution >= 0.6 is 0 Å². The Morgan fingerprint density at radius 1 is 0.594 bits per heavy atom. The number of nitrogens with zero attached hydrogens (tertiary/aromatic N) is 2. The maximum absolute atomic E-state index is 13.0. The third-order valence-electron chi connectivity index (χ3n) is 5.59. The lowest BCUT2D eigenvalue weighted by Crippen LogP contribution is -2.50. The van der Waals surface area contributed by atoms with Gasteiger partial charge in [0.05, 0.1) is 21.0 Å². The summed E-state index contributed by atoms with van der Waals surface area (Å²) in [5, 5.41) is 20.1. The van der Waals surface area contributed by atoms with Crippen LogP contribution in [0.4, 0.5) is 0 Å². The van der Waals surface area contributed by atoms with Crippen LogP contribution in [0.5, 0.6) is 0 Å². The van der Waals surface area contributed by atoms with Crippen LogP contribution in [-0.4, -0.2) is 61.8 Å². The quantitative estimate of drug-likeness (QED) is 0.649. The fourth-order valence-corrected chi connectivity index (χ4v) is 6.36. The number of hydrogen-bond acceptors (Lipinski definition) is 6. The summed E-state index contributed by atoms with van der Waals surface area (Å²) in [5.74, 6) is 0. The second-order valence-electron chi connectivity index (χ2n) is 8.97. The van der Waals surface area contributed by atoms with E-state index >= 15 is 0 Å². The minimum atomic E-state index is -3.78. The van der Waals surface area contributed by atoms with Crippen LogP contribution in [0.3, 0.4) is 0 Å². The summed E-state index contributed by atoms with van der Waals surface area (Å²) in [6.45, 7) is 6.63. The van der Waals surface area contributed by atoms with Crippen LogP contribution in [-0.2, 0) is 31.2 Å². The summed E-state index contributed by atoms with van der Waals surface area (Å²) < 4.78 is 54.5. The fourth-order valence-electron chi connectivity index (χ4n) is 3.52. The zero-order chi connectivity index (χ0) is 23.9. The molecule has 176 valence electrons. The molecule has 0 atom stereocenters. The smallest absolute Gasteiger partial charge is 0.243 e. The minimum Gasteiger partial charge on any atom is -0.386 e. The Bertz CT molecular complexity index is 1060. The van der Waals surface area contributed by atoms with Gasteiger partial charge >= 0.3 is 0 Å². The molecule has 0 spiro atoms. The Hall–Kier alpha value is -1.82. The summed E-state index contributed by atoms with van der Waals surface area (Å²) in [4.78, 5) is 0.202. The van der Waals surface area contributed by atoms with Crippen molar-refractivity contribution in [3.63, 3.8) is 0 Å².